The SMILES string of the molecule is C=CC(=O)O/C=C\Oc1ccc(-c2ccc(O/C=C\OC=O)c(F)c2F)c(F)c1F. The second-order valence-electron chi connectivity index (χ2n) is 5.13. The van der Waals surface area contributed by atoms with E-state index in [0.717, 1.165) is 55.4 Å². The Hall–Kier alpha value is -4.08. The largest absolute Gasteiger partial charge is 0.459 e. The molecule has 0 N–H and O–H groups in total. The Bertz CT molecular complexity index is 1020. The Balaban J connectivity index is 2.26. The van der Waals surface area contributed by atoms with Gasteiger partial charge in [0.15, 0.2) is 23.1 Å². The van der Waals surface area contributed by atoms with Crippen molar-refractivity contribution in [3.63, 3.8) is 0 Å². The minimum absolute atomic E-state index is 0.0776. The summed E-state index contributed by atoms with van der Waals surface area (Å²) in [5.74, 6) is -7.94. The maximum atomic E-state index is 14.4. The molecule has 0 unspecified atom stereocenters. The predicted molar refractivity (Wildman–Crippen MR) is 94.7 cm³/mol. The molecule has 0 radical (unpaired) electrons. The van der Waals surface area contributed by atoms with Crippen LogP contribution in [0, 0.1) is 23.3 Å². The summed E-state index contributed by atoms with van der Waals surface area (Å²) in [6.45, 7) is 3.23. The molecule has 0 saturated heterocycles. The van der Waals surface area contributed by atoms with E-state index in [2.05, 4.69) is 16.1 Å². The molecule has 0 spiro atoms. The molecule has 0 aromatic heterocycles. The summed E-state index contributed by atoms with van der Waals surface area (Å²) in [6, 6.07) is 3.87. The van der Waals surface area contributed by atoms with E-state index in [0.29, 0.717) is 0 Å². The van der Waals surface area contributed by atoms with Crippen LogP contribution >= 0.6 is 0 Å². The lowest BCUT2D eigenvalue weighted by Gasteiger charge is -2.11. The van der Waals surface area contributed by atoms with Crippen molar-refractivity contribution in [2.24, 2.45) is 0 Å². The fourth-order valence-electron chi connectivity index (χ4n) is 2.07. The van der Waals surface area contributed by atoms with Crippen molar-refractivity contribution < 1.29 is 46.1 Å². The average Bonchev–Trinajstić information content (AvgIpc) is 2.74. The molecule has 156 valence electrons. The Labute approximate surface area is 167 Å². The number of hydrogen-bond donors (Lipinski definition) is 0. The molecule has 10 heteroatoms. The normalized spacial score (nSPS) is 10.8. The summed E-state index contributed by atoms with van der Waals surface area (Å²) in [5, 5.41) is 0. The van der Waals surface area contributed by atoms with Crippen LogP contribution in [-0.2, 0) is 19.1 Å². The van der Waals surface area contributed by atoms with Crippen molar-refractivity contribution in [2.75, 3.05) is 0 Å². The van der Waals surface area contributed by atoms with Gasteiger partial charge in [0.25, 0.3) is 6.47 Å². The Morgan fingerprint density at radius 1 is 0.767 bits per heavy atom. The molecular formula is C20H12F4O6. The first-order valence-electron chi connectivity index (χ1n) is 7.92. The summed E-state index contributed by atoms with van der Waals surface area (Å²) in [4.78, 5) is 20.8. The zero-order valence-corrected chi connectivity index (χ0v) is 14.9. The zero-order chi connectivity index (χ0) is 22.1. The van der Waals surface area contributed by atoms with Crippen LogP contribution < -0.4 is 9.47 Å². The summed E-state index contributed by atoms with van der Waals surface area (Å²) >= 11 is 0. The standard InChI is InChI=1S/C20H12F4O6/c1-2-16(26)30-10-9-29-15-6-4-13(18(22)20(15)24)12-3-5-14(19(23)17(12)21)28-8-7-27-11-25/h2-11H,1H2/b8-7-,10-9-. The molecule has 2 aromatic carbocycles. The second kappa shape index (κ2) is 10.5. The summed E-state index contributed by atoms with van der Waals surface area (Å²) in [7, 11) is 0. The Morgan fingerprint density at radius 3 is 1.73 bits per heavy atom. The third-order valence-corrected chi connectivity index (χ3v) is 3.37. The zero-order valence-electron chi connectivity index (χ0n) is 14.9. The molecule has 0 saturated carbocycles. The van der Waals surface area contributed by atoms with Crippen LogP contribution in [0.25, 0.3) is 11.1 Å². The highest BCUT2D eigenvalue weighted by Crippen LogP contribution is 2.34. The number of ether oxygens (including phenoxy) is 4. The van der Waals surface area contributed by atoms with Gasteiger partial charge in [-0.05, 0) is 24.3 Å². The lowest BCUT2D eigenvalue weighted by molar-refractivity contribution is -0.132. The lowest BCUT2D eigenvalue weighted by Crippen LogP contribution is -1.99. The highest BCUT2D eigenvalue weighted by molar-refractivity contribution is 5.81. The molecule has 2 rings (SSSR count). The van der Waals surface area contributed by atoms with Crippen molar-refractivity contribution in [3.8, 4) is 22.6 Å². The fraction of sp³-hybridized carbons (Fsp3) is 0. The van der Waals surface area contributed by atoms with Gasteiger partial charge in [-0.15, -0.1) is 0 Å². The smallest absolute Gasteiger partial charge is 0.335 e. The van der Waals surface area contributed by atoms with Gasteiger partial charge in [-0.1, -0.05) is 6.58 Å². The van der Waals surface area contributed by atoms with E-state index in [-0.39, 0.29) is 6.47 Å². The van der Waals surface area contributed by atoms with Crippen LogP contribution in [0.4, 0.5) is 17.6 Å². The van der Waals surface area contributed by atoms with Crippen LogP contribution in [-0.4, -0.2) is 12.4 Å². The Kier molecular flexibility index (Phi) is 7.74. The molecule has 0 aliphatic heterocycles. The molecular weight excluding hydrogens is 412 g/mol. The van der Waals surface area contributed by atoms with Gasteiger partial charge < -0.3 is 18.9 Å². The number of hydrogen-bond acceptors (Lipinski definition) is 6. The van der Waals surface area contributed by atoms with E-state index in [1.807, 2.05) is 0 Å². The van der Waals surface area contributed by atoms with E-state index in [1.54, 1.807) is 0 Å². The van der Waals surface area contributed by atoms with Gasteiger partial charge in [0.2, 0.25) is 11.6 Å². The van der Waals surface area contributed by atoms with Crippen molar-refractivity contribution in [3.05, 3.63) is 85.2 Å². The molecule has 0 fully saturated rings. The van der Waals surface area contributed by atoms with E-state index < -0.39 is 51.9 Å². The summed E-state index contributed by atoms with van der Waals surface area (Å²) < 4.78 is 75.2. The number of halogens is 4. The average molecular weight is 424 g/mol. The quantitative estimate of drug-likeness (QED) is 0.194. The number of carbonyl (C=O) groups is 2. The molecule has 0 aliphatic rings. The minimum Gasteiger partial charge on any atom is -0.459 e. The molecule has 2 aromatic rings. The number of esters is 1. The van der Waals surface area contributed by atoms with Gasteiger partial charge in [-0.3, -0.25) is 4.79 Å². The molecule has 0 amide bonds. The van der Waals surface area contributed by atoms with E-state index in [9.17, 15) is 27.2 Å². The Morgan fingerprint density at radius 2 is 1.27 bits per heavy atom. The molecule has 0 bridgehead atoms. The molecule has 30 heavy (non-hydrogen) atoms. The molecule has 0 heterocycles. The van der Waals surface area contributed by atoms with Gasteiger partial charge in [0.05, 0.1) is 0 Å². The summed E-state index contributed by atoms with van der Waals surface area (Å²) in [5.41, 5.74) is -1.16. The first-order valence-corrected chi connectivity index (χ1v) is 7.92. The van der Waals surface area contributed by atoms with Crippen molar-refractivity contribution in [1.29, 1.82) is 0 Å². The molecule has 0 aliphatic carbocycles. The predicted octanol–water partition coefficient (Wildman–Crippen LogP) is 4.51. The second-order valence-corrected chi connectivity index (χ2v) is 5.13. The van der Waals surface area contributed by atoms with Crippen LogP contribution in [0.3, 0.4) is 0 Å². The van der Waals surface area contributed by atoms with Crippen molar-refractivity contribution >= 4 is 12.4 Å². The monoisotopic (exact) mass is 424 g/mol. The van der Waals surface area contributed by atoms with Crippen molar-refractivity contribution in [2.45, 2.75) is 0 Å². The van der Waals surface area contributed by atoms with Crippen LogP contribution in [0.5, 0.6) is 11.5 Å². The number of benzene rings is 2. The first-order chi connectivity index (χ1) is 14.4. The van der Waals surface area contributed by atoms with Crippen LogP contribution in [0.1, 0.15) is 0 Å². The van der Waals surface area contributed by atoms with Gasteiger partial charge in [-0.25, -0.2) is 13.6 Å². The van der Waals surface area contributed by atoms with E-state index >= 15 is 0 Å². The van der Waals surface area contributed by atoms with Crippen LogP contribution in [0.2, 0.25) is 0 Å². The highest BCUT2D eigenvalue weighted by atomic mass is 19.2. The highest BCUT2D eigenvalue weighted by Gasteiger charge is 2.21. The van der Waals surface area contributed by atoms with Gasteiger partial charge in [0.1, 0.15) is 25.0 Å². The van der Waals surface area contributed by atoms with E-state index in [1.165, 1.54) is 0 Å². The third kappa shape index (κ3) is 5.25. The van der Waals surface area contributed by atoms with Crippen LogP contribution in [0.15, 0.2) is 62.0 Å². The fourth-order valence-corrected chi connectivity index (χ4v) is 2.07. The first kappa shape index (κ1) is 22.2. The van der Waals surface area contributed by atoms with Gasteiger partial charge >= 0.3 is 5.97 Å². The maximum Gasteiger partial charge on any atom is 0.335 e. The number of rotatable bonds is 9. The topological polar surface area (TPSA) is 71.1 Å². The van der Waals surface area contributed by atoms with E-state index in [4.69, 9.17) is 9.47 Å². The number of carbonyl (C=O) groups excluding carboxylic acids is 2. The third-order valence-electron chi connectivity index (χ3n) is 3.37. The molecule has 6 nitrogen and oxygen atoms in total. The molecule has 0 atom stereocenters. The van der Waals surface area contributed by atoms with Crippen molar-refractivity contribution in [1.82, 2.24) is 0 Å². The van der Waals surface area contributed by atoms with Gasteiger partial charge in [-0.2, -0.15) is 8.78 Å². The van der Waals surface area contributed by atoms with Gasteiger partial charge in [0, 0.05) is 17.2 Å². The lowest BCUT2D eigenvalue weighted by atomic mass is 10.0. The maximum absolute atomic E-state index is 14.4. The minimum atomic E-state index is -1.50. The summed E-state index contributed by atoms with van der Waals surface area (Å²) in [6.07, 6.45) is 3.97.